The van der Waals surface area contributed by atoms with Crippen molar-refractivity contribution in [1.82, 2.24) is 0 Å². The van der Waals surface area contributed by atoms with Gasteiger partial charge in [0.1, 0.15) is 0 Å². The van der Waals surface area contributed by atoms with E-state index < -0.39 is 11.4 Å². The first-order valence-corrected chi connectivity index (χ1v) is 11.8. The van der Waals surface area contributed by atoms with Crippen LogP contribution in [0.2, 0.25) is 0 Å². The van der Waals surface area contributed by atoms with Gasteiger partial charge in [0.25, 0.3) is 0 Å². The molecule has 0 aromatic heterocycles. The van der Waals surface area contributed by atoms with E-state index in [0.29, 0.717) is 12.3 Å². The van der Waals surface area contributed by atoms with Gasteiger partial charge in [-0.2, -0.15) is 0 Å². The Morgan fingerprint density at radius 3 is 2.43 bits per heavy atom. The molecule has 8 atom stereocenters. The van der Waals surface area contributed by atoms with E-state index >= 15 is 0 Å². The highest BCUT2D eigenvalue weighted by atomic mass is 16.4. The topological polar surface area (TPSA) is 74.3 Å². The highest BCUT2D eigenvalue weighted by Crippen LogP contribution is 2.73. The molecule has 0 N–H and O–H groups in total. The fourth-order valence-corrected chi connectivity index (χ4v) is 9.03. The summed E-state index contributed by atoms with van der Waals surface area (Å²) in [6.07, 6.45) is 10.5. The normalized spacial score (nSPS) is 49.4. The molecule has 0 amide bonds. The summed E-state index contributed by atoms with van der Waals surface area (Å²) in [4.78, 5) is 38.4. The molecule has 2 bridgehead atoms. The molecule has 0 heterocycles. The Balaban J connectivity index is 1.68. The Bertz CT molecular complexity index is 897. The predicted octanol–water partition coefficient (Wildman–Crippen LogP) is 3.50. The summed E-state index contributed by atoms with van der Waals surface area (Å²) in [6.45, 7) is 8.56. The van der Waals surface area contributed by atoms with Gasteiger partial charge < -0.3 is 9.90 Å². The van der Waals surface area contributed by atoms with Crippen LogP contribution >= 0.6 is 0 Å². The van der Waals surface area contributed by atoms with Gasteiger partial charge in [-0.05, 0) is 73.3 Å². The molecule has 6 aliphatic carbocycles. The van der Waals surface area contributed by atoms with Gasteiger partial charge in [0.2, 0.25) is 0 Å². The largest absolute Gasteiger partial charge is 0.550 e. The third-order valence-electron chi connectivity index (χ3n) is 10.2. The summed E-state index contributed by atoms with van der Waals surface area (Å²) in [7, 11) is 0. The van der Waals surface area contributed by atoms with Crippen LogP contribution in [0.1, 0.15) is 66.2 Å². The SMILES string of the molecule is CC(C)C1=C[C@@]23CC[C@@H]4[C@](C)(CCC[C@@]4(C)C(=O)[O-])[C@@H]2C[C@@H]1[C@H]1C(=O)C=CC(=O)[C@@H]13. The third kappa shape index (κ3) is 2.26. The van der Waals surface area contributed by atoms with Crippen LogP contribution in [0.4, 0.5) is 0 Å². The number of hydrogen-bond donors (Lipinski definition) is 0. The molecule has 3 fully saturated rings. The molecule has 1 spiro atoms. The van der Waals surface area contributed by atoms with E-state index in [-0.39, 0.29) is 52.0 Å². The van der Waals surface area contributed by atoms with Crippen LogP contribution in [-0.2, 0) is 14.4 Å². The lowest BCUT2D eigenvalue weighted by molar-refractivity contribution is -0.328. The summed E-state index contributed by atoms with van der Waals surface area (Å²) in [5.41, 5.74) is 0.0930. The number of allylic oxidation sites excluding steroid dienone is 4. The second-order valence-corrected chi connectivity index (χ2v) is 11.6. The third-order valence-corrected chi connectivity index (χ3v) is 10.2. The number of carboxylic acid groups (broad SMARTS) is 1. The lowest BCUT2D eigenvalue weighted by atomic mass is 9.33. The fourth-order valence-electron chi connectivity index (χ4n) is 9.03. The fraction of sp³-hybridized carbons (Fsp3) is 0.731. The van der Waals surface area contributed by atoms with E-state index in [0.717, 1.165) is 32.1 Å². The van der Waals surface area contributed by atoms with E-state index in [1.54, 1.807) is 0 Å². The van der Waals surface area contributed by atoms with Crippen molar-refractivity contribution in [1.29, 1.82) is 0 Å². The first-order valence-electron chi connectivity index (χ1n) is 11.8. The molecule has 4 nitrogen and oxygen atoms in total. The Morgan fingerprint density at radius 2 is 1.77 bits per heavy atom. The lowest BCUT2D eigenvalue weighted by Gasteiger charge is -2.70. The van der Waals surface area contributed by atoms with Gasteiger partial charge in [0, 0.05) is 28.6 Å². The molecule has 0 aromatic carbocycles. The number of fused-ring (bicyclic) bond motifs is 1. The summed E-state index contributed by atoms with van der Waals surface area (Å²) in [5.74, 6) is -0.412. The minimum Gasteiger partial charge on any atom is -0.550 e. The molecular formula is C26H33O4-. The van der Waals surface area contributed by atoms with E-state index in [9.17, 15) is 19.5 Å². The molecule has 6 aliphatic rings. The summed E-state index contributed by atoms with van der Waals surface area (Å²) < 4.78 is 0. The van der Waals surface area contributed by atoms with Gasteiger partial charge in [-0.25, -0.2) is 0 Å². The Kier molecular flexibility index (Phi) is 4.16. The zero-order chi connectivity index (χ0) is 21.6. The average Bonchev–Trinajstić information content (AvgIpc) is 2.69. The van der Waals surface area contributed by atoms with Crippen LogP contribution in [-0.4, -0.2) is 17.5 Å². The quantitative estimate of drug-likeness (QED) is 0.654. The van der Waals surface area contributed by atoms with E-state index in [1.807, 2.05) is 6.92 Å². The second-order valence-electron chi connectivity index (χ2n) is 11.6. The Hall–Kier alpha value is -1.71. The maximum absolute atomic E-state index is 13.2. The molecule has 3 saturated carbocycles. The summed E-state index contributed by atoms with van der Waals surface area (Å²) in [6, 6.07) is 0. The van der Waals surface area contributed by atoms with Gasteiger partial charge in [-0.15, -0.1) is 0 Å². The molecule has 4 heteroatoms. The number of rotatable bonds is 2. The molecule has 0 aromatic rings. The molecule has 6 rings (SSSR count). The van der Waals surface area contributed by atoms with Crippen molar-refractivity contribution in [2.24, 2.45) is 51.8 Å². The van der Waals surface area contributed by atoms with Crippen molar-refractivity contribution in [2.75, 3.05) is 0 Å². The van der Waals surface area contributed by atoms with Crippen molar-refractivity contribution >= 4 is 17.5 Å². The number of carbonyl (C=O) groups excluding carboxylic acids is 3. The van der Waals surface area contributed by atoms with Crippen molar-refractivity contribution in [3.63, 3.8) is 0 Å². The van der Waals surface area contributed by atoms with E-state index in [4.69, 9.17) is 0 Å². The van der Waals surface area contributed by atoms with E-state index in [1.165, 1.54) is 17.7 Å². The van der Waals surface area contributed by atoms with Crippen LogP contribution in [0.15, 0.2) is 23.8 Å². The van der Waals surface area contributed by atoms with Crippen molar-refractivity contribution in [2.45, 2.75) is 66.2 Å². The highest BCUT2D eigenvalue weighted by molar-refractivity contribution is 6.08. The molecule has 0 saturated heterocycles. The Labute approximate surface area is 179 Å². The monoisotopic (exact) mass is 409 g/mol. The van der Waals surface area contributed by atoms with Crippen LogP contribution < -0.4 is 5.11 Å². The van der Waals surface area contributed by atoms with Crippen molar-refractivity contribution in [3.05, 3.63) is 23.8 Å². The zero-order valence-electron chi connectivity index (χ0n) is 18.6. The van der Waals surface area contributed by atoms with Crippen LogP contribution in [0.3, 0.4) is 0 Å². The first-order chi connectivity index (χ1) is 14.1. The molecule has 0 aliphatic heterocycles. The van der Waals surface area contributed by atoms with Gasteiger partial charge in [0.05, 0.1) is 0 Å². The van der Waals surface area contributed by atoms with Crippen LogP contribution in [0, 0.1) is 51.8 Å². The number of ketones is 2. The number of hydrogen-bond acceptors (Lipinski definition) is 4. The first kappa shape index (κ1) is 20.2. The standard InChI is InChI=1S/C26H34O4/c1-14(2)16-13-26-11-8-19-24(3,9-5-10-25(19,4)23(29)30)20(26)12-15(16)21-17(27)6-7-18(28)22(21)26/h6-7,13-15,19-22H,5,8-12H2,1-4H3,(H,29,30)/p-1/t15-,19+,20-,21-,22-,24-,25+,26-/m0/s1. The van der Waals surface area contributed by atoms with Crippen LogP contribution in [0.25, 0.3) is 0 Å². The van der Waals surface area contributed by atoms with Crippen LogP contribution in [0.5, 0.6) is 0 Å². The highest BCUT2D eigenvalue weighted by Gasteiger charge is 2.69. The smallest absolute Gasteiger partial charge is 0.160 e. The lowest BCUT2D eigenvalue weighted by Crippen LogP contribution is -2.67. The maximum atomic E-state index is 13.2. The molecule has 162 valence electrons. The molecule has 0 radical (unpaired) electrons. The molecular weight excluding hydrogens is 376 g/mol. The summed E-state index contributed by atoms with van der Waals surface area (Å²) in [5, 5.41) is 12.2. The second kappa shape index (κ2) is 6.17. The van der Waals surface area contributed by atoms with Gasteiger partial charge in [0.15, 0.2) is 11.6 Å². The maximum Gasteiger partial charge on any atom is 0.160 e. The van der Waals surface area contributed by atoms with Crippen molar-refractivity contribution < 1.29 is 19.5 Å². The number of aliphatic carboxylic acids is 1. The van der Waals surface area contributed by atoms with Gasteiger partial charge >= 0.3 is 0 Å². The van der Waals surface area contributed by atoms with Gasteiger partial charge in [-0.3, -0.25) is 9.59 Å². The predicted molar refractivity (Wildman–Crippen MR) is 111 cm³/mol. The molecule has 0 unspecified atom stereocenters. The van der Waals surface area contributed by atoms with Gasteiger partial charge in [-0.1, -0.05) is 45.8 Å². The minimum atomic E-state index is -0.918. The zero-order valence-corrected chi connectivity index (χ0v) is 18.6. The average molecular weight is 410 g/mol. The van der Waals surface area contributed by atoms with Crippen molar-refractivity contribution in [3.8, 4) is 0 Å². The van der Waals surface area contributed by atoms with E-state index in [2.05, 4.69) is 26.8 Å². The number of carbonyl (C=O) groups is 3. The molecule has 30 heavy (non-hydrogen) atoms. The number of carboxylic acids is 1. The minimum absolute atomic E-state index is 0.0676. The summed E-state index contributed by atoms with van der Waals surface area (Å²) >= 11 is 0. The Morgan fingerprint density at radius 1 is 1.07 bits per heavy atom.